The second kappa shape index (κ2) is 8.52. The van der Waals surface area contributed by atoms with Gasteiger partial charge in [0, 0.05) is 32.1 Å². The molecule has 0 unspecified atom stereocenters. The average Bonchev–Trinajstić information content (AvgIpc) is 2.59. The van der Waals surface area contributed by atoms with E-state index in [1.807, 2.05) is 27.7 Å². The molecule has 144 valence electrons. The Morgan fingerprint density at radius 2 is 1.77 bits per heavy atom. The molecule has 0 atom stereocenters. The fourth-order valence-electron chi connectivity index (χ4n) is 3.05. The first-order valence-electron chi connectivity index (χ1n) is 9.20. The summed E-state index contributed by atoms with van der Waals surface area (Å²) in [6.45, 7) is 9.60. The number of piperidine rings is 1. The van der Waals surface area contributed by atoms with Crippen molar-refractivity contribution in [2.45, 2.75) is 52.7 Å². The summed E-state index contributed by atoms with van der Waals surface area (Å²) in [5.41, 5.74) is 0.394. The van der Waals surface area contributed by atoms with E-state index in [1.165, 1.54) is 12.1 Å². The van der Waals surface area contributed by atoms with E-state index in [0.717, 1.165) is 5.56 Å². The van der Waals surface area contributed by atoms with Gasteiger partial charge in [0.05, 0.1) is 0 Å². The molecule has 1 fully saturated rings. The van der Waals surface area contributed by atoms with Crippen LogP contribution in [0.15, 0.2) is 24.3 Å². The van der Waals surface area contributed by atoms with E-state index in [0.29, 0.717) is 39.0 Å². The summed E-state index contributed by atoms with van der Waals surface area (Å²) < 4.78 is 18.4. The highest BCUT2D eigenvalue weighted by Gasteiger charge is 2.31. The molecule has 0 radical (unpaired) electrons. The van der Waals surface area contributed by atoms with E-state index in [4.69, 9.17) is 4.74 Å². The van der Waals surface area contributed by atoms with E-state index in [9.17, 15) is 14.0 Å². The summed E-state index contributed by atoms with van der Waals surface area (Å²) in [4.78, 5) is 28.4. The summed E-state index contributed by atoms with van der Waals surface area (Å²) in [5.74, 6) is -0.271. The molecule has 0 aromatic heterocycles. The smallest absolute Gasteiger partial charge is 0.410 e. The first-order chi connectivity index (χ1) is 12.2. The predicted molar refractivity (Wildman–Crippen MR) is 98.0 cm³/mol. The monoisotopic (exact) mass is 364 g/mol. The number of carbonyl (C=O) groups excluding carboxylic acids is 2. The Labute approximate surface area is 155 Å². The maximum atomic E-state index is 13.0. The van der Waals surface area contributed by atoms with E-state index >= 15 is 0 Å². The Bertz CT molecular complexity index is 617. The Morgan fingerprint density at radius 3 is 2.27 bits per heavy atom. The molecule has 1 aliphatic rings. The Morgan fingerprint density at radius 1 is 1.19 bits per heavy atom. The van der Waals surface area contributed by atoms with Crippen molar-refractivity contribution in [1.29, 1.82) is 0 Å². The standard InChI is InChI=1S/C20H29FN2O3/c1-5-22(14-15-6-8-17(21)9-7-15)18(24)16-10-12-23(13-11-16)19(25)26-20(2,3)4/h6-9,16H,5,10-14H2,1-4H3. The molecular weight excluding hydrogens is 335 g/mol. The molecule has 0 spiro atoms. The van der Waals surface area contributed by atoms with Crippen LogP contribution >= 0.6 is 0 Å². The normalized spacial score (nSPS) is 15.7. The van der Waals surface area contributed by atoms with Gasteiger partial charge in [0.15, 0.2) is 0 Å². The van der Waals surface area contributed by atoms with Crippen LogP contribution < -0.4 is 0 Å². The molecule has 5 nitrogen and oxygen atoms in total. The average molecular weight is 364 g/mol. The number of ether oxygens (including phenoxy) is 1. The van der Waals surface area contributed by atoms with Crippen LogP contribution in [0.25, 0.3) is 0 Å². The fourth-order valence-corrected chi connectivity index (χ4v) is 3.05. The van der Waals surface area contributed by atoms with E-state index in [2.05, 4.69) is 0 Å². The van der Waals surface area contributed by atoms with Crippen molar-refractivity contribution in [3.8, 4) is 0 Å². The van der Waals surface area contributed by atoms with Gasteiger partial charge in [-0.05, 0) is 58.2 Å². The number of carbonyl (C=O) groups is 2. The quantitative estimate of drug-likeness (QED) is 0.816. The van der Waals surface area contributed by atoms with Crippen molar-refractivity contribution in [1.82, 2.24) is 9.80 Å². The zero-order chi connectivity index (χ0) is 19.3. The van der Waals surface area contributed by atoms with Gasteiger partial charge in [-0.25, -0.2) is 9.18 Å². The van der Waals surface area contributed by atoms with Crippen LogP contribution in [0.4, 0.5) is 9.18 Å². The van der Waals surface area contributed by atoms with Gasteiger partial charge in [-0.1, -0.05) is 12.1 Å². The summed E-state index contributed by atoms with van der Waals surface area (Å²) >= 11 is 0. The van der Waals surface area contributed by atoms with Gasteiger partial charge in [-0.2, -0.15) is 0 Å². The number of rotatable bonds is 4. The van der Waals surface area contributed by atoms with Crippen LogP contribution in [0.2, 0.25) is 0 Å². The molecule has 1 aromatic rings. The minimum Gasteiger partial charge on any atom is -0.444 e. The first kappa shape index (κ1) is 20.2. The lowest BCUT2D eigenvalue weighted by molar-refractivity contribution is -0.137. The highest BCUT2D eigenvalue weighted by Crippen LogP contribution is 2.22. The molecule has 2 amide bonds. The van der Waals surface area contributed by atoms with Gasteiger partial charge < -0.3 is 14.5 Å². The summed E-state index contributed by atoms with van der Waals surface area (Å²) in [6.07, 6.45) is 0.956. The van der Waals surface area contributed by atoms with Crippen LogP contribution in [0.3, 0.4) is 0 Å². The molecule has 1 heterocycles. The molecule has 0 bridgehead atoms. The number of benzene rings is 1. The molecule has 1 aliphatic heterocycles. The molecule has 26 heavy (non-hydrogen) atoms. The lowest BCUT2D eigenvalue weighted by Crippen LogP contribution is -2.45. The lowest BCUT2D eigenvalue weighted by atomic mass is 9.95. The third-order valence-electron chi connectivity index (χ3n) is 4.48. The highest BCUT2D eigenvalue weighted by molar-refractivity contribution is 5.79. The van der Waals surface area contributed by atoms with Crippen molar-refractivity contribution < 1.29 is 18.7 Å². The van der Waals surface area contributed by atoms with Crippen LogP contribution in [0.1, 0.15) is 46.1 Å². The number of amides is 2. The second-order valence-electron chi connectivity index (χ2n) is 7.72. The first-order valence-corrected chi connectivity index (χ1v) is 9.20. The predicted octanol–water partition coefficient (Wildman–Crippen LogP) is 3.82. The number of hydrogen-bond donors (Lipinski definition) is 0. The third-order valence-corrected chi connectivity index (χ3v) is 4.48. The van der Waals surface area contributed by atoms with E-state index in [-0.39, 0.29) is 23.7 Å². The van der Waals surface area contributed by atoms with Crippen LogP contribution in [-0.4, -0.2) is 47.0 Å². The minimum atomic E-state index is -0.516. The van der Waals surface area contributed by atoms with Gasteiger partial charge in [0.25, 0.3) is 0 Å². The van der Waals surface area contributed by atoms with Crippen molar-refractivity contribution in [3.63, 3.8) is 0 Å². The van der Waals surface area contributed by atoms with Crippen molar-refractivity contribution in [2.75, 3.05) is 19.6 Å². The number of likely N-dealkylation sites (tertiary alicyclic amines) is 1. The maximum Gasteiger partial charge on any atom is 0.410 e. The lowest BCUT2D eigenvalue weighted by Gasteiger charge is -2.35. The van der Waals surface area contributed by atoms with Crippen molar-refractivity contribution in [2.24, 2.45) is 5.92 Å². The minimum absolute atomic E-state index is 0.0888. The van der Waals surface area contributed by atoms with E-state index in [1.54, 1.807) is 21.9 Å². The van der Waals surface area contributed by atoms with Crippen molar-refractivity contribution in [3.05, 3.63) is 35.6 Å². The molecule has 6 heteroatoms. The zero-order valence-electron chi connectivity index (χ0n) is 16.1. The van der Waals surface area contributed by atoms with Gasteiger partial charge in [0.2, 0.25) is 5.91 Å². The Kier molecular flexibility index (Phi) is 6.62. The second-order valence-corrected chi connectivity index (χ2v) is 7.72. The van der Waals surface area contributed by atoms with Gasteiger partial charge in [0.1, 0.15) is 11.4 Å². The Hall–Kier alpha value is -2.11. The third kappa shape index (κ3) is 5.71. The molecular formula is C20H29FN2O3. The van der Waals surface area contributed by atoms with E-state index < -0.39 is 5.60 Å². The topological polar surface area (TPSA) is 49.9 Å². The molecule has 1 saturated heterocycles. The molecule has 0 N–H and O–H groups in total. The fraction of sp³-hybridized carbons (Fsp3) is 0.600. The molecule has 2 rings (SSSR count). The van der Waals surface area contributed by atoms with Gasteiger partial charge in [-0.3, -0.25) is 4.79 Å². The SMILES string of the molecule is CCN(Cc1ccc(F)cc1)C(=O)C1CCN(C(=O)OC(C)(C)C)CC1. The van der Waals surface area contributed by atoms with Crippen LogP contribution in [-0.2, 0) is 16.1 Å². The number of nitrogens with zero attached hydrogens (tertiary/aromatic N) is 2. The maximum absolute atomic E-state index is 13.0. The zero-order valence-corrected chi connectivity index (χ0v) is 16.1. The van der Waals surface area contributed by atoms with Crippen molar-refractivity contribution >= 4 is 12.0 Å². The van der Waals surface area contributed by atoms with Crippen LogP contribution in [0, 0.1) is 11.7 Å². The largest absolute Gasteiger partial charge is 0.444 e. The summed E-state index contributed by atoms with van der Waals surface area (Å²) in [5, 5.41) is 0. The molecule has 0 saturated carbocycles. The molecule has 0 aliphatic carbocycles. The number of hydrogen-bond acceptors (Lipinski definition) is 3. The summed E-state index contributed by atoms with van der Waals surface area (Å²) in [6, 6.07) is 6.23. The number of halogens is 1. The highest BCUT2D eigenvalue weighted by atomic mass is 19.1. The van der Waals surface area contributed by atoms with Gasteiger partial charge >= 0.3 is 6.09 Å². The summed E-state index contributed by atoms with van der Waals surface area (Å²) in [7, 11) is 0. The van der Waals surface area contributed by atoms with Gasteiger partial charge in [-0.15, -0.1) is 0 Å². The molecule has 1 aromatic carbocycles. The Balaban J connectivity index is 1.89. The van der Waals surface area contributed by atoms with Crippen LogP contribution in [0.5, 0.6) is 0 Å².